The maximum Gasteiger partial charge on any atom is 0.161 e. The molecule has 0 aliphatic carbocycles. The standard InChI is InChI=1S/C15H24N2O2.2ClH/c1-3-17(4-2)8-7-16-12-13-5-6-14-15(11-13)19-10-9-18-14;;/h5-6,11,16H,3-4,7-10,12H2,1-2H3;2*1H. The van der Waals surface area contributed by atoms with Crippen molar-refractivity contribution in [2.45, 2.75) is 20.4 Å². The van der Waals surface area contributed by atoms with Crippen LogP contribution in [0.1, 0.15) is 19.4 Å². The summed E-state index contributed by atoms with van der Waals surface area (Å²) in [4.78, 5) is 2.41. The van der Waals surface area contributed by atoms with Gasteiger partial charge in [0.2, 0.25) is 0 Å². The first kappa shape index (κ1) is 20.3. The van der Waals surface area contributed by atoms with E-state index in [9.17, 15) is 0 Å². The zero-order valence-electron chi connectivity index (χ0n) is 12.8. The molecule has 0 atom stereocenters. The fraction of sp³-hybridized carbons (Fsp3) is 0.600. The number of fused-ring (bicyclic) bond motifs is 1. The van der Waals surface area contributed by atoms with Crippen LogP contribution >= 0.6 is 24.8 Å². The predicted molar refractivity (Wildman–Crippen MR) is 91.4 cm³/mol. The highest BCUT2D eigenvalue weighted by atomic mass is 35.5. The van der Waals surface area contributed by atoms with E-state index in [1.807, 2.05) is 6.07 Å². The highest BCUT2D eigenvalue weighted by Gasteiger charge is 2.11. The summed E-state index contributed by atoms with van der Waals surface area (Å²) in [6.45, 7) is 10.9. The Balaban J connectivity index is 0.00000200. The number of halogens is 2. The molecule has 1 N–H and O–H groups in total. The molecule has 122 valence electrons. The fourth-order valence-corrected chi connectivity index (χ4v) is 2.21. The molecule has 6 heteroatoms. The molecule has 1 aromatic rings. The molecule has 0 unspecified atom stereocenters. The second kappa shape index (κ2) is 11.0. The van der Waals surface area contributed by atoms with E-state index in [2.05, 4.69) is 36.2 Å². The summed E-state index contributed by atoms with van der Waals surface area (Å²) in [6.07, 6.45) is 0. The Hall–Kier alpha value is -0.680. The van der Waals surface area contributed by atoms with E-state index in [0.717, 1.165) is 44.2 Å². The van der Waals surface area contributed by atoms with Crippen LogP contribution in [-0.2, 0) is 6.54 Å². The van der Waals surface area contributed by atoms with E-state index in [-0.39, 0.29) is 24.8 Å². The van der Waals surface area contributed by atoms with Crippen LogP contribution in [0.5, 0.6) is 11.5 Å². The zero-order chi connectivity index (χ0) is 13.5. The summed E-state index contributed by atoms with van der Waals surface area (Å²) < 4.78 is 11.1. The Morgan fingerprint density at radius 1 is 1.05 bits per heavy atom. The van der Waals surface area contributed by atoms with Crippen molar-refractivity contribution in [3.8, 4) is 11.5 Å². The van der Waals surface area contributed by atoms with Gasteiger partial charge in [0.25, 0.3) is 0 Å². The summed E-state index contributed by atoms with van der Waals surface area (Å²) in [5, 5.41) is 3.47. The van der Waals surface area contributed by atoms with Gasteiger partial charge in [-0.05, 0) is 30.8 Å². The van der Waals surface area contributed by atoms with Gasteiger partial charge in [0, 0.05) is 19.6 Å². The van der Waals surface area contributed by atoms with Gasteiger partial charge in [-0.25, -0.2) is 0 Å². The van der Waals surface area contributed by atoms with E-state index in [1.54, 1.807) is 0 Å². The minimum Gasteiger partial charge on any atom is -0.486 e. The predicted octanol–water partition coefficient (Wildman–Crippen LogP) is 2.73. The largest absolute Gasteiger partial charge is 0.486 e. The van der Waals surface area contributed by atoms with Crippen LogP contribution in [0.15, 0.2) is 18.2 Å². The van der Waals surface area contributed by atoms with E-state index >= 15 is 0 Å². The lowest BCUT2D eigenvalue weighted by molar-refractivity contribution is 0.171. The molecule has 1 aromatic carbocycles. The summed E-state index contributed by atoms with van der Waals surface area (Å²) in [5.74, 6) is 1.73. The van der Waals surface area contributed by atoms with Gasteiger partial charge in [0.05, 0.1) is 0 Å². The summed E-state index contributed by atoms with van der Waals surface area (Å²) in [5.41, 5.74) is 1.24. The molecule has 2 rings (SSSR count). The lowest BCUT2D eigenvalue weighted by Crippen LogP contribution is -2.31. The number of ether oxygens (including phenoxy) is 2. The third-order valence-electron chi connectivity index (χ3n) is 3.43. The molecule has 0 bridgehead atoms. The molecule has 1 aliphatic heterocycles. The Bertz CT molecular complexity index is 401. The van der Waals surface area contributed by atoms with Crippen LogP contribution in [0.2, 0.25) is 0 Å². The monoisotopic (exact) mass is 336 g/mol. The molecule has 0 saturated heterocycles. The van der Waals surface area contributed by atoms with Gasteiger partial charge in [0.1, 0.15) is 13.2 Å². The first-order valence-electron chi connectivity index (χ1n) is 7.15. The second-order valence-corrected chi connectivity index (χ2v) is 4.68. The van der Waals surface area contributed by atoms with Crippen LogP contribution < -0.4 is 14.8 Å². The Morgan fingerprint density at radius 2 is 1.71 bits per heavy atom. The van der Waals surface area contributed by atoms with Crippen LogP contribution in [0.25, 0.3) is 0 Å². The van der Waals surface area contributed by atoms with Crippen molar-refractivity contribution in [2.75, 3.05) is 39.4 Å². The van der Waals surface area contributed by atoms with Gasteiger partial charge in [-0.15, -0.1) is 24.8 Å². The number of nitrogens with zero attached hydrogens (tertiary/aromatic N) is 1. The average Bonchev–Trinajstić information content (AvgIpc) is 2.47. The molecule has 1 heterocycles. The lowest BCUT2D eigenvalue weighted by Gasteiger charge is -2.20. The molecule has 1 aliphatic rings. The molecule has 21 heavy (non-hydrogen) atoms. The topological polar surface area (TPSA) is 33.7 Å². The summed E-state index contributed by atoms with van der Waals surface area (Å²) in [6, 6.07) is 6.16. The normalized spacial score (nSPS) is 12.5. The number of hydrogen-bond acceptors (Lipinski definition) is 4. The van der Waals surface area contributed by atoms with Gasteiger partial charge < -0.3 is 19.7 Å². The molecule has 0 amide bonds. The van der Waals surface area contributed by atoms with Crippen molar-refractivity contribution in [2.24, 2.45) is 0 Å². The quantitative estimate of drug-likeness (QED) is 0.776. The molecular formula is C15H26Cl2N2O2. The Labute approximate surface area is 140 Å². The van der Waals surface area contributed by atoms with Crippen LogP contribution in [0, 0.1) is 0 Å². The van der Waals surface area contributed by atoms with Crippen molar-refractivity contribution >= 4 is 24.8 Å². The van der Waals surface area contributed by atoms with Crippen molar-refractivity contribution in [3.05, 3.63) is 23.8 Å². The fourth-order valence-electron chi connectivity index (χ4n) is 2.21. The maximum absolute atomic E-state index is 5.58. The molecule has 4 nitrogen and oxygen atoms in total. The van der Waals surface area contributed by atoms with Crippen molar-refractivity contribution in [1.82, 2.24) is 10.2 Å². The number of hydrogen-bond donors (Lipinski definition) is 1. The van der Waals surface area contributed by atoms with E-state index < -0.39 is 0 Å². The first-order valence-corrected chi connectivity index (χ1v) is 7.15. The van der Waals surface area contributed by atoms with Gasteiger partial charge in [-0.1, -0.05) is 19.9 Å². The van der Waals surface area contributed by atoms with Crippen molar-refractivity contribution < 1.29 is 9.47 Å². The van der Waals surface area contributed by atoms with E-state index in [4.69, 9.17) is 9.47 Å². The average molecular weight is 337 g/mol. The minimum absolute atomic E-state index is 0. The summed E-state index contributed by atoms with van der Waals surface area (Å²) in [7, 11) is 0. The SMILES string of the molecule is CCN(CC)CCNCc1ccc2c(c1)OCCO2.Cl.Cl. The smallest absolute Gasteiger partial charge is 0.161 e. The zero-order valence-corrected chi connectivity index (χ0v) is 14.4. The third kappa shape index (κ3) is 6.30. The molecule has 0 radical (unpaired) electrons. The number of rotatable bonds is 7. The van der Waals surface area contributed by atoms with Gasteiger partial charge >= 0.3 is 0 Å². The Morgan fingerprint density at radius 3 is 2.38 bits per heavy atom. The molecule has 0 aromatic heterocycles. The molecule has 0 spiro atoms. The first-order chi connectivity index (χ1) is 9.33. The van der Waals surface area contributed by atoms with Gasteiger partial charge in [-0.2, -0.15) is 0 Å². The maximum atomic E-state index is 5.58. The highest BCUT2D eigenvalue weighted by molar-refractivity contribution is 5.85. The van der Waals surface area contributed by atoms with Crippen molar-refractivity contribution in [3.63, 3.8) is 0 Å². The highest BCUT2D eigenvalue weighted by Crippen LogP contribution is 2.30. The van der Waals surface area contributed by atoms with E-state index in [1.165, 1.54) is 5.56 Å². The molecular weight excluding hydrogens is 311 g/mol. The molecule has 0 saturated carbocycles. The number of likely N-dealkylation sites (N-methyl/N-ethyl adjacent to an activating group) is 1. The van der Waals surface area contributed by atoms with Crippen LogP contribution in [0.3, 0.4) is 0 Å². The minimum atomic E-state index is 0. The number of benzene rings is 1. The Kier molecular flexibility index (Phi) is 10.6. The summed E-state index contributed by atoms with van der Waals surface area (Å²) >= 11 is 0. The van der Waals surface area contributed by atoms with Crippen molar-refractivity contribution in [1.29, 1.82) is 0 Å². The van der Waals surface area contributed by atoms with E-state index in [0.29, 0.717) is 13.2 Å². The van der Waals surface area contributed by atoms with Gasteiger partial charge in [-0.3, -0.25) is 0 Å². The van der Waals surface area contributed by atoms with Gasteiger partial charge in [0.15, 0.2) is 11.5 Å². The number of nitrogens with one attached hydrogen (secondary N) is 1. The van der Waals surface area contributed by atoms with Crippen LogP contribution in [-0.4, -0.2) is 44.3 Å². The lowest BCUT2D eigenvalue weighted by atomic mass is 10.2. The van der Waals surface area contributed by atoms with Crippen LogP contribution in [0.4, 0.5) is 0 Å². The molecule has 0 fully saturated rings. The second-order valence-electron chi connectivity index (χ2n) is 4.68. The third-order valence-corrected chi connectivity index (χ3v) is 3.43.